The van der Waals surface area contributed by atoms with Gasteiger partial charge in [-0.25, -0.2) is 0 Å². The van der Waals surface area contributed by atoms with E-state index in [-0.39, 0.29) is 51.0 Å². The second kappa shape index (κ2) is 24.4. The van der Waals surface area contributed by atoms with Crippen molar-refractivity contribution in [3.05, 3.63) is 154 Å². The minimum absolute atomic E-state index is 0. The van der Waals surface area contributed by atoms with Gasteiger partial charge in [-0.1, -0.05) is 174 Å². The normalized spacial score (nSPS) is 10.8. The summed E-state index contributed by atoms with van der Waals surface area (Å²) in [5.74, 6) is 0. The fraction of sp³-hybridized carbons (Fsp3) is 0.296. The monoisotopic (exact) mass is 930 g/mol. The van der Waals surface area contributed by atoms with E-state index in [9.17, 15) is 0 Å². The van der Waals surface area contributed by atoms with E-state index in [4.69, 9.17) is 0 Å². The molecule has 2 aromatic heterocycles. The average molecular weight is 933 g/mol. The van der Waals surface area contributed by atoms with Crippen molar-refractivity contribution in [1.29, 1.82) is 0 Å². The van der Waals surface area contributed by atoms with Crippen molar-refractivity contribution < 1.29 is 51.0 Å². The summed E-state index contributed by atoms with van der Waals surface area (Å²) in [7, 11) is 0. The molecular formula is C54H58Cl2S2Zr. The van der Waals surface area contributed by atoms with Gasteiger partial charge in [-0.15, -0.1) is 69.1 Å². The van der Waals surface area contributed by atoms with E-state index in [2.05, 4.69) is 161 Å². The molecular weight excluding hydrogens is 875 g/mol. The number of thiophene rings is 2. The van der Waals surface area contributed by atoms with Crippen molar-refractivity contribution in [2.24, 2.45) is 0 Å². The second-order valence-electron chi connectivity index (χ2n) is 15.4. The Labute approximate surface area is 394 Å². The third kappa shape index (κ3) is 12.5. The van der Waals surface area contributed by atoms with Crippen LogP contribution in [0, 0.1) is 0 Å². The van der Waals surface area contributed by atoms with Crippen molar-refractivity contribution >= 4 is 44.2 Å². The van der Waals surface area contributed by atoms with Crippen molar-refractivity contribution in [1.82, 2.24) is 0 Å². The van der Waals surface area contributed by atoms with E-state index in [1.165, 1.54) is 150 Å². The van der Waals surface area contributed by atoms with Gasteiger partial charge < -0.3 is 24.8 Å². The molecule has 5 heteroatoms. The molecule has 59 heavy (non-hydrogen) atoms. The summed E-state index contributed by atoms with van der Waals surface area (Å²) in [5, 5.41) is 5.39. The number of hydrogen-bond acceptors (Lipinski definition) is 2. The third-order valence-corrected chi connectivity index (χ3v) is 13.8. The van der Waals surface area contributed by atoms with Crippen LogP contribution in [-0.2, 0) is 51.9 Å². The van der Waals surface area contributed by atoms with Gasteiger partial charge in [-0.2, -0.15) is 22.7 Å². The molecule has 0 nitrogen and oxygen atoms in total. The summed E-state index contributed by atoms with van der Waals surface area (Å²) in [5.41, 5.74) is 10.9. The van der Waals surface area contributed by atoms with Crippen LogP contribution in [0.25, 0.3) is 64.7 Å². The molecule has 0 aliphatic heterocycles. The predicted octanol–water partition coefficient (Wildman–Crippen LogP) is 11.3. The first-order valence-corrected chi connectivity index (χ1v) is 23.0. The van der Waals surface area contributed by atoms with Gasteiger partial charge >= 0.3 is 26.2 Å². The number of aryl methyl sites for hydroxylation is 4. The predicted molar refractivity (Wildman–Crippen MR) is 251 cm³/mol. The van der Waals surface area contributed by atoms with E-state index in [1.54, 1.807) is 0 Å². The van der Waals surface area contributed by atoms with Crippen LogP contribution < -0.4 is 24.8 Å². The maximum atomic E-state index is 2.37. The number of hydrogen-bond donors (Lipinski definition) is 0. The molecule has 0 N–H and O–H groups in total. The van der Waals surface area contributed by atoms with Crippen LogP contribution in [0.5, 0.6) is 0 Å². The summed E-state index contributed by atoms with van der Waals surface area (Å²) in [6, 6.07) is 50.3. The molecule has 0 fully saturated rings. The van der Waals surface area contributed by atoms with Gasteiger partial charge in [0.15, 0.2) is 0 Å². The number of rotatable bonds is 16. The Morgan fingerprint density at radius 3 is 1.20 bits per heavy atom. The summed E-state index contributed by atoms with van der Waals surface area (Å²) < 4.78 is 0. The maximum absolute atomic E-state index is 2.37. The molecule has 0 aliphatic rings. The van der Waals surface area contributed by atoms with Crippen LogP contribution in [0.1, 0.15) is 99.9 Å². The fourth-order valence-corrected chi connectivity index (χ4v) is 9.79. The maximum Gasteiger partial charge on any atom is 4.00 e. The summed E-state index contributed by atoms with van der Waals surface area (Å²) >= 11 is 3.83. The zero-order chi connectivity index (χ0) is 38.7. The first-order valence-electron chi connectivity index (χ1n) is 21.3. The molecule has 0 saturated heterocycles. The van der Waals surface area contributed by atoms with E-state index in [0.29, 0.717) is 0 Å². The van der Waals surface area contributed by atoms with E-state index < -0.39 is 0 Å². The minimum Gasteiger partial charge on any atom is -1.00 e. The third-order valence-electron chi connectivity index (χ3n) is 11.3. The number of benzene rings is 4. The Morgan fingerprint density at radius 2 is 0.847 bits per heavy atom. The molecule has 0 bridgehead atoms. The molecule has 0 atom stereocenters. The van der Waals surface area contributed by atoms with E-state index >= 15 is 0 Å². The van der Waals surface area contributed by atoms with E-state index in [0.717, 1.165) is 12.8 Å². The average Bonchev–Trinajstić information content (AvgIpc) is 4.07. The summed E-state index contributed by atoms with van der Waals surface area (Å²) in [6.45, 7) is 8.99. The molecule has 8 rings (SSSR count). The van der Waals surface area contributed by atoms with Crippen LogP contribution >= 0.6 is 22.7 Å². The molecule has 0 spiro atoms. The van der Waals surface area contributed by atoms with Crippen LogP contribution in [0.15, 0.2) is 133 Å². The Kier molecular flexibility index (Phi) is 20.1. The topological polar surface area (TPSA) is 0 Å². The molecule has 304 valence electrons. The van der Waals surface area contributed by atoms with Crippen LogP contribution in [0.3, 0.4) is 0 Å². The van der Waals surface area contributed by atoms with Crippen molar-refractivity contribution in [3.8, 4) is 43.1 Å². The van der Waals surface area contributed by atoms with Gasteiger partial charge in [-0.05, 0) is 80.3 Å². The van der Waals surface area contributed by atoms with E-state index in [1.807, 2.05) is 22.7 Å². The Hall–Kier alpha value is -3.04. The zero-order valence-electron chi connectivity index (χ0n) is 35.3. The van der Waals surface area contributed by atoms with Gasteiger partial charge in [0.25, 0.3) is 0 Å². The molecule has 2 heterocycles. The molecule has 0 radical (unpaired) electrons. The first-order chi connectivity index (χ1) is 27.6. The van der Waals surface area contributed by atoms with Crippen LogP contribution in [0.2, 0.25) is 0 Å². The van der Waals surface area contributed by atoms with Gasteiger partial charge in [0.1, 0.15) is 0 Å². The van der Waals surface area contributed by atoms with Crippen LogP contribution in [-0.4, -0.2) is 0 Å². The van der Waals surface area contributed by atoms with Gasteiger partial charge in [0.05, 0.1) is 0 Å². The van der Waals surface area contributed by atoms with Crippen LogP contribution in [0.4, 0.5) is 0 Å². The zero-order valence-corrected chi connectivity index (χ0v) is 40.9. The minimum atomic E-state index is 0. The van der Waals surface area contributed by atoms with Gasteiger partial charge in [-0.3, -0.25) is 0 Å². The van der Waals surface area contributed by atoms with Gasteiger partial charge in [0, 0.05) is 0 Å². The molecule has 0 saturated carbocycles. The quantitative estimate of drug-likeness (QED) is 0.0669. The molecule has 0 unspecified atom stereocenters. The van der Waals surface area contributed by atoms with Crippen molar-refractivity contribution in [2.75, 3.05) is 0 Å². The standard InChI is InChI=1S/2C27H29S.2ClH.Zr/c2*1-3-5-6-7-9-20-12-14-21(15-13-20)25-11-8-10-22-18-23(19-26(22)25)27-17-16-24(4-2)28-27;;;/h2*8,10-19H,3-7,9H2,1-2H3;2*1H;/q2*-1;;;+4/p-2. The Balaban J connectivity index is 0.000000248. The number of unbranched alkanes of at least 4 members (excludes halogenated alkanes) is 6. The van der Waals surface area contributed by atoms with Gasteiger partial charge in [0.2, 0.25) is 0 Å². The molecule has 8 aromatic rings. The first kappa shape index (κ1) is 48.6. The second-order valence-corrected chi connectivity index (χ2v) is 17.7. The fourth-order valence-electron chi connectivity index (χ4n) is 7.92. The molecule has 0 amide bonds. The number of fused-ring (bicyclic) bond motifs is 2. The van der Waals surface area contributed by atoms with Crippen molar-refractivity contribution in [3.63, 3.8) is 0 Å². The SMILES string of the molecule is CCCCCCc1ccc(-c2cccc3[cH-]c(-c4ccc(CC)s4)cc23)cc1.CCCCCCc1ccc(-c2cccc3[cH-]c(-c4ccc(CC)s4)cc23)cc1.[Cl-].[Cl-].[Zr+4]. The number of halogens is 2. The Bertz CT molecular complexity index is 2250. The molecule has 6 aromatic carbocycles. The largest absolute Gasteiger partial charge is 4.00 e. The van der Waals surface area contributed by atoms with Crippen molar-refractivity contribution in [2.45, 2.75) is 105 Å². The Morgan fingerprint density at radius 1 is 0.441 bits per heavy atom. The molecule has 0 aliphatic carbocycles. The summed E-state index contributed by atoms with van der Waals surface area (Å²) in [4.78, 5) is 5.66. The smallest absolute Gasteiger partial charge is 1.00 e. The summed E-state index contributed by atoms with van der Waals surface area (Å²) in [6.07, 6.45) is 15.2.